The quantitative estimate of drug-likeness (QED) is 0.907. The molecule has 0 radical (unpaired) electrons. The van der Waals surface area contributed by atoms with Gasteiger partial charge < -0.3 is 14.4 Å². The Kier molecular flexibility index (Phi) is 3.62. The van der Waals surface area contributed by atoms with E-state index >= 15 is 0 Å². The second-order valence-electron chi connectivity index (χ2n) is 4.08. The monoisotopic (exact) mass is 251 g/mol. The van der Waals surface area contributed by atoms with Crippen molar-refractivity contribution in [2.75, 3.05) is 0 Å². The molecule has 0 fully saturated rings. The Morgan fingerprint density at radius 1 is 1.44 bits per heavy atom. The van der Waals surface area contributed by atoms with E-state index in [1.807, 2.05) is 0 Å². The molecule has 18 heavy (non-hydrogen) atoms. The summed E-state index contributed by atoms with van der Waals surface area (Å²) in [5.74, 6) is 0.598. The number of benzene rings is 1. The third-order valence-corrected chi connectivity index (χ3v) is 2.49. The molecule has 1 N–H and O–H groups in total. The molecular weight excluding hydrogens is 237 g/mol. The predicted octanol–water partition coefficient (Wildman–Crippen LogP) is 2.75. The zero-order chi connectivity index (χ0) is 13.1. The van der Waals surface area contributed by atoms with Crippen LogP contribution in [0.2, 0.25) is 0 Å². The van der Waals surface area contributed by atoms with Crippen LogP contribution in [-0.4, -0.2) is 10.3 Å². The summed E-state index contributed by atoms with van der Waals surface area (Å²) in [6.45, 7) is 3.51. The molecule has 2 aromatic rings. The van der Waals surface area contributed by atoms with E-state index in [2.05, 4.69) is 5.16 Å². The first kappa shape index (κ1) is 12.6. The first-order chi connectivity index (χ1) is 8.56. The second kappa shape index (κ2) is 5.18. The lowest BCUT2D eigenvalue weighted by Crippen LogP contribution is -1.99. The van der Waals surface area contributed by atoms with E-state index in [4.69, 9.17) is 9.26 Å². The van der Waals surface area contributed by atoms with Gasteiger partial charge in [0.05, 0.1) is 6.10 Å². The van der Waals surface area contributed by atoms with E-state index in [-0.39, 0.29) is 12.2 Å². The summed E-state index contributed by atoms with van der Waals surface area (Å²) in [6.07, 6.45) is -0.836. The first-order valence-electron chi connectivity index (χ1n) is 5.59. The number of aliphatic hydroxyl groups excluding tert-OH is 1. The molecule has 0 unspecified atom stereocenters. The summed E-state index contributed by atoms with van der Waals surface area (Å²) in [6, 6.07) is 6.11. The number of halogens is 1. The summed E-state index contributed by atoms with van der Waals surface area (Å²) in [4.78, 5) is 0. The van der Waals surface area contributed by atoms with Gasteiger partial charge in [0.2, 0.25) is 0 Å². The molecule has 1 atom stereocenters. The van der Waals surface area contributed by atoms with Crippen molar-refractivity contribution in [2.24, 2.45) is 0 Å². The zero-order valence-electron chi connectivity index (χ0n) is 10.2. The number of hydrogen-bond donors (Lipinski definition) is 1. The van der Waals surface area contributed by atoms with Gasteiger partial charge in [-0.05, 0) is 26.0 Å². The normalized spacial score (nSPS) is 12.4. The van der Waals surface area contributed by atoms with Crippen molar-refractivity contribution in [3.8, 4) is 5.75 Å². The highest BCUT2D eigenvalue weighted by Gasteiger charge is 2.09. The van der Waals surface area contributed by atoms with Crippen LogP contribution in [0, 0.1) is 12.7 Å². The van der Waals surface area contributed by atoms with Gasteiger partial charge in [-0.3, -0.25) is 0 Å². The van der Waals surface area contributed by atoms with Crippen LogP contribution in [0.5, 0.6) is 5.75 Å². The summed E-state index contributed by atoms with van der Waals surface area (Å²) < 4.78 is 23.8. The average molecular weight is 251 g/mol. The SMILES string of the molecule is Cc1cc(COc2ccc([C@H](C)O)c(F)c2)no1. The van der Waals surface area contributed by atoms with Crippen molar-refractivity contribution in [1.82, 2.24) is 5.16 Å². The first-order valence-corrected chi connectivity index (χ1v) is 5.59. The Labute approximate surface area is 104 Å². The minimum atomic E-state index is -0.836. The Hall–Kier alpha value is -1.88. The lowest BCUT2D eigenvalue weighted by Gasteiger charge is -2.09. The summed E-state index contributed by atoms with van der Waals surface area (Å²) in [5, 5.41) is 13.1. The number of aliphatic hydroxyl groups is 1. The Morgan fingerprint density at radius 2 is 2.22 bits per heavy atom. The maximum absolute atomic E-state index is 13.6. The van der Waals surface area contributed by atoms with Crippen LogP contribution < -0.4 is 4.74 Å². The number of nitrogens with zero attached hydrogens (tertiary/aromatic N) is 1. The largest absolute Gasteiger partial charge is 0.487 e. The van der Waals surface area contributed by atoms with Gasteiger partial charge in [-0.1, -0.05) is 5.16 Å². The summed E-state index contributed by atoms with van der Waals surface area (Å²) in [5.41, 5.74) is 0.896. The number of ether oxygens (including phenoxy) is 1. The lowest BCUT2D eigenvalue weighted by molar-refractivity contribution is 0.193. The molecule has 5 heteroatoms. The number of hydrogen-bond acceptors (Lipinski definition) is 4. The molecule has 2 rings (SSSR count). The van der Waals surface area contributed by atoms with Crippen molar-refractivity contribution in [1.29, 1.82) is 0 Å². The lowest BCUT2D eigenvalue weighted by atomic mass is 10.1. The van der Waals surface area contributed by atoms with Crippen molar-refractivity contribution in [3.05, 3.63) is 47.1 Å². The zero-order valence-corrected chi connectivity index (χ0v) is 10.2. The molecule has 0 aliphatic heterocycles. The third-order valence-electron chi connectivity index (χ3n) is 2.49. The minimum absolute atomic E-state index is 0.213. The van der Waals surface area contributed by atoms with Crippen molar-refractivity contribution < 1.29 is 18.8 Å². The molecule has 0 bridgehead atoms. The van der Waals surface area contributed by atoms with Crippen LogP contribution in [0.15, 0.2) is 28.8 Å². The molecule has 0 aliphatic carbocycles. The summed E-state index contributed by atoms with van der Waals surface area (Å²) in [7, 11) is 0. The van der Waals surface area contributed by atoms with Gasteiger partial charge in [0.1, 0.15) is 29.6 Å². The van der Waals surface area contributed by atoms with Crippen LogP contribution in [-0.2, 0) is 6.61 Å². The highest BCUT2D eigenvalue weighted by Crippen LogP contribution is 2.22. The topological polar surface area (TPSA) is 55.5 Å². The fourth-order valence-electron chi connectivity index (χ4n) is 1.58. The fourth-order valence-corrected chi connectivity index (χ4v) is 1.58. The van der Waals surface area contributed by atoms with Crippen LogP contribution >= 0.6 is 0 Å². The molecule has 96 valence electrons. The van der Waals surface area contributed by atoms with Gasteiger partial charge in [-0.25, -0.2) is 4.39 Å². The Balaban J connectivity index is 2.04. The maximum atomic E-state index is 13.6. The maximum Gasteiger partial charge on any atom is 0.134 e. The van der Waals surface area contributed by atoms with E-state index < -0.39 is 11.9 Å². The van der Waals surface area contributed by atoms with Crippen molar-refractivity contribution in [3.63, 3.8) is 0 Å². The Bertz CT molecular complexity index is 537. The van der Waals surface area contributed by atoms with E-state index in [0.29, 0.717) is 17.2 Å². The third kappa shape index (κ3) is 2.87. The average Bonchev–Trinajstić information content (AvgIpc) is 2.72. The van der Waals surface area contributed by atoms with E-state index in [1.165, 1.54) is 19.1 Å². The van der Waals surface area contributed by atoms with Crippen LogP contribution in [0.4, 0.5) is 4.39 Å². The summed E-state index contributed by atoms with van der Waals surface area (Å²) >= 11 is 0. The van der Waals surface area contributed by atoms with Crippen LogP contribution in [0.25, 0.3) is 0 Å². The molecule has 1 aromatic heterocycles. The van der Waals surface area contributed by atoms with Gasteiger partial charge in [-0.2, -0.15) is 0 Å². The van der Waals surface area contributed by atoms with E-state index in [0.717, 1.165) is 0 Å². The molecule has 0 saturated heterocycles. The van der Waals surface area contributed by atoms with Crippen molar-refractivity contribution in [2.45, 2.75) is 26.6 Å². The predicted molar refractivity (Wildman–Crippen MR) is 62.6 cm³/mol. The highest BCUT2D eigenvalue weighted by molar-refractivity contribution is 5.30. The molecule has 0 aliphatic rings. The Morgan fingerprint density at radius 3 is 2.78 bits per heavy atom. The van der Waals surface area contributed by atoms with Gasteiger partial charge in [-0.15, -0.1) is 0 Å². The van der Waals surface area contributed by atoms with Crippen LogP contribution in [0.1, 0.15) is 30.0 Å². The van der Waals surface area contributed by atoms with Gasteiger partial charge in [0, 0.05) is 17.7 Å². The minimum Gasteiger partial charge on any atom is -0.487 e. The molecule has 0 saturated carbocycles. The molecule has 0 spiro atoms. The van der Waals surface area contributed by atoms with Crippen LogP contribution in [0.3, 0.4) is 0 Å². The standard InChI is InChI=1S/C13H14FNO3/c1-8-5-10(15-18-8)7-17-11-3-4-12(9(2)16)13(14)6-11/h3-6,9,16H,7H2,1-2H3/t9-/m0/s1. The van der Waals surface area contributed by atoms with E-state index in [1.54, 1.807) is 19.1 Å². The number of aromatic nitrogens is 1. The fraction of sp³-hybridized carbons (Fsp3) is 0.308. The van der Waals surface area contributed by atoms with E-state index in [9.17, 15) is 9.50 Å². The second-order valence-corrected chi connectivity index (χ2v) is 4.08. The number of rotatable bonds is 4. The molecular formula is C13H14FNO3. The molecule has 4 nitrogen and oxygen atoms in total. The van der Waals surface area contributed by atoms with Crippen molar-refractivity contribution >= 4 is 0 Å². The molecule has 1 aromatic carbocycles. The van der Waals surface area contributed by atoms with Gasteiger partial charge in [0.15, 0.2) is 0 Å². The molecule has 0 amide bonds. The number of aryl methyl sites for hydroxylation is 1. The molecule has 1 heterocycles. The smallest absolute Gasteiger partial charge is 0.134 e. The van der Waals surface area contributed by atoms with Gasteiger partial charge in [0.25, 0.3) is 0 Å². The highest BCUT2D eigenvalue weighted by atomic mass is 19.1. The van der Waals surface area contributed by atoms with Gasteiger partial charge >= 0.3 is 0 Å².